The van der Waals surface area contributed by atoms with Gasteiger partial charge in [-0.05, 0) is 31.9 Å². The van der Waals surface area contributed by atoms with Crippen LogP contribution < -0.4 is 9.04 Å². The van der Waals surface area contributed by atoms with Crippen LogP contribution in [0.2, 0.25) is 0 Å². The maximum atomic E-state index is 12.8. The molecule has 0 spiro atoms. The van der Waals surface area contributed by atoms with Crippen LogP contribution in [0.3, 0.4) is 0 Å². The minimum atomic E-state index is -3.46. The normalized spacial score (nSPS) is 21.2. The van der Waals surface area contributed by atoms with Gasteiger partial charge in [0.25, 0.3) is 5.91 Å². The molecule has 1 fully saturated rings. The molecular weight excluding hydrogens is 328 g/mol. The zero-order valence-electron chi connectivity index (χ0n) is 14.1. The first-order valence-electron chi connectivity index (χ1n) is 8.47. The lowest BCUT2D eigenvalue weighted by Crippen LogP contribution is -2.52. The number of para-hydroxylation sites is 2. The summed E-state index contributed by atoms with van der Waals surface area (Å²) >= 11 is 0. The Morgan fingerprint density at radius 1 is 1.29 bits per heavy atom. The van der Waals surface area contributed by atoms with Crippen molar-refractivity contribution in [3.05, 3.63) is 24.3 Å². The zero-order chi connectivity index (χ0) is 17.3. The van der Waals surface area contributed by atoms with Crippen LogP contribution in [0.1, 0.15) is 32.6 Å². The molecule has 132 valence electrons. The van der Waals surface area contributed by atoms with Crippen molar-refractivity contribution in [3.63, 3.8) is 0 Å². The highest BCUT2D eigenvalue weighted by molar-refractivity contribution is 7.92. The number of carbonyl (C=O) groups is 1. The number of ether oxygens (including phenoxy) is 1. The average Bonchev–Trinajstić information content (AvgIpc) is 3.14. The number of likely N-dealkylation sites (N-methyl/N-ethyl adjacent to an activating group) is 1. The second-order valence-corrected chi connectivity index (χ2v) is 8.58. The molecule has 7 heteroatoms. The molecule has 2 aliphatic rings. The van der Waals surface area contributed by atoms with E-state index in [-0.39, 0.29) is 24.2 Å². The summed E-state index contributed by atoms with van der Waals surface area (Å²) < 4.78 is 32.1. The standard InChI is InChI=1S/C17H24N2O4S/c1-3-24(21,22)19-12-16(23-15-11-7-6-10-14(15)19)17(20)18(2)13-8-4-5-9-13/h6-7,10-11,13,16H,3-5,8-9,12H2,1-2H3/t16-/m1/s1. The summed E-state index contributed by atoms with van der Waals surface area (Å²) in [6, 6.07) is 7.21. The van der Waals surface area contributed by atoms with E-state index in [9.17, 15) is 13.2 Å². The predicted molar refractivity (Wildman–Crippen MR) is 92.7 cm³/mol. The number of hydrogen-bond acceptors (Lipinski definition) is 4. The molecule has 0 N–H and O–H groups in total. The van der Waals surface area contributed by atoms with Gasteiger partial charge in [0.15, 0.2) is 6.10 Å². The molecule has 1 atom stereocenters. The minimum absolute atomic E-state index is 0.0132. The molecule has 0 radical (unpaired) electrons. The summed E-state index contributed by atoms with van der Waals surface area (Å²) in [5.74, 6) is 0.285. The van der Waals surface area contributed by atoms with Crippen molar-refractivity contribution < 1.29 is 17.9 Å². The second-order valence-electron chi connectivity index (χ2n) is 6.39. The second kappa shape index (κ2) is 6.63. The van der Waals surface area contributed by atoms with Crippen LogP contribution in [0.5, 0.6) is 5.75 Å². The molecule has 0 saturated heterocycles. The number of rotatable bonds is 4. The van der Waals surface area contributed by atoms with Crippen molar-refractivity contribution in [1.82, 2.24) is 4.90 Å². The molecule has 0 bridgehead atoms. The molecule has 1 amide bonds. The monoisotopic (exact) mass is 352 g/mol. The van der Waals surface area contributed by atoms with E-state index in [0.29, 0.717) is 11.4 Å². The van der Waals surface area contributed by atoms with Crippen LogP contribution in [0.15, 0.2) is 24.3 Å². The number of nitrogens with zero attached hydrogens (tertiary/aromatic N) is 2. The molecule has 1 aromatic carbocycles. The summed E-state index contributed by atoms with van der Waals surface area (Å²) in [7, 11) is -1.67. The molecule has 24 heavy (non-hydrogen) atoms. The van der Waals surface area contributed by atoms with Crippen molar-refractivity contribution in [2.45, 2.75) is 44.8 Å². The van der Waals surface area contributed by atoms with Crippen LogP contribution >= 0.6 is 0 Å². The van der Waals surface area contributed by atoms with Crippen molar-refractivity contribution in [1.29, 1.82) is 0 Å². The average molecular weight is 352 g/mol. The van der Waals surface area contributed by atoms with Crippen molar-refractivity contribution in [3.8, 4) is 5.75 Å². The van der Waals surface area contributed by atoms with Gasteiger partial charge in [-0.15, -0.1) is 0 Å². The zero-order valence-corrected chi connectivity index (χ0v) is 15.0. The fourth-order valence-corrected chi connectivity index (χ4v) is 4.57. The van der Waals surface area contributed by atoms with Gasteiger partial charge in [0.2, 0.25) is 10.0 Å². The number of amides is 1. The van der Waals surface area contributed by atoms with Gasteiger partial charge < -0.3 is 9.64 Å². The van der Waals surface area contributed by atoms with E-state index in [1.54, 1.807) is 43.1 Å². The first kappa shape index (κ1) is 17.1. The van der Waals surface area contributed by atoms with Crippen LogP contribution in [0.25, 0.3) is 0 Å². The Kier molecular flexibility index (Phi) is 4.71. The fraction of sp³-hybridized carbons (Fsp3) is 0.588. The largest absolute Gasteiger partial charge is 0.476 e. The molecule has 1 saturated carbocycles. The first-order valence-corrected chi connectivity index (χ1v) is 10.1. The van der Waals surface area contributed by atoms with Crippen molar-refractivity contribution in [2.24, 2.45) is 0 Å². The van der Waals surface area contributed by atoms with Crippen LogP contribution in [0.4, 0.5) is 5.69 Å². The molecule has 1 heterocycles. The molecule has 0 aromatic heterocycles. The van der Waals surface area contributed by atoms with Crippen molar-refractivity contribution >= 4 is 21.6 Å². The van der Waals surface area contributed by atoms with Crippen molar-refractivity contribution in [2.75, 3.05) is 23.7 Å². The third kappa shape index (κ3) is 3.09. The number of fused-ring (bicyclic) bond motifs is 1. The number of hydrogen-bond donors (Lipinski definition) is 0. The first-order chi connectivity index (χ1) is 11.4. The third-order valence-electron chi connectivity index (χ3n) is 4.93. The number of anilines is 1. The van der Waals surface area contributed by atoms with E-state index in [1.165, 1.54) is 4.31 Å². The number of benzene rings is 1. The van der Waals surface area contributed by atoms with Gasteiger partial charge in [0, 0.05) is 13.1 Å². The highest BCUT2D eigenvalue weighted by atomic mass is 32.2. The quantitative estimate of drug-likeness (QED) is 0.831. The Balaban J connectivity index is 1.88. The molecule has 0 unspecified atom stereocenters. The van der Waals surface area contributed by atoms with Gasteiger partial charge in [-0.1, -0.05) is 25.0 Å². The highest BCUT2D eigenvalue weighted by Gasteiger charge is 2.38. The lowest BCUT2D eigenvalue weighted by molar-refractivity contribution is -0.139. The topological polar surface area (TPSA) is 66.9 Å². The molecule has 6 nitrogen and oxygen atoms in total. The van der Waals surface area contributed by atoms with Gasteiger partial charge in [-0.3, -0.25) is 9.10 Å². The predicted octanol–water partition coefficient (Wildman–Crippen LogP) is 2.00. The van der Waals surface area contributed by atoms with E-state index < -0.39 is 16.1 Å². The van der Waals surface area contributed by atoms with Gasteiger partial charge in [0.1, 0.15) is 5.75 Å². The number of sulfonamides is 1. The smallest absolute Gasteiger partial charge is 0.265 e. The van der Waals surface area contributed by atoms with E-state index in [4.69, 9.17) is 4.74 Å². The lowest BCUT2D eigenvalue weighted by Gasteiger charge is -2.37. The van der Waals surface area contributed by atoms with Gasteiger partial charge in [-0.2, -0.15) is 0 Å². The van der Waals surface area contributed by atoms with E-state index in [1.807, 2.05) is 0 Å². The van der Waals surface area contributed by atoms with E-state index in [0.717, 1.165) is 25.7 Å². The molecule has 3 rings (SSSR count). The Morgan fingerprint density at radius 3 is 2.62 bits per heavy atom. The number of carbonyl (C=O) groups excluding carboxylic acids is 1. The Bertz CT molecular complexity index is 713. The van der Waals surface area contributed by atoms with E-state index >= 15 is 0 Å². The SMILES string of the molecule is CCS(=O)(=O)N1C[C@H](C(=O)N(C)C2CCCC2)Oc2ccccc21. The summed E-state index contributed by atoms with van der Waals surface area (Å²) in [5.41, 5.74) is 0.506. The van der Waals surface area contributed by atoms with Gasteiger partial charge >= 0.3 is 0 Å². The van der Waals surface area contributed by atoms with Gasteiger partial charge in [-0.25, -0.2) is 8.42 Å². The van der Waals surface area contributed by atoms with E-state index in [2.05, 4.69) is 0 Å². The summed E-state index contributed by atoms with van der Waals surface area (Å²) in [6.45, 7) is 1.64. The third-order valence-corrected chi connectivity index (χ3v) is 6.68. The lowest BCUT2D eigenvalue weighted by atomic mass is 10.1. The Hall–Kier alpha value is -1.76. The fourth-order valence-electron chi connectivity index (χ4n) is 3.45. The molecule has 1 aliphatic carbocycles. The van der Waals surface area contributed by atoms with Crippen LogP contribution in [0, 0.1) is 0 Å². The molecule has 1 aliphatic heterocycles. The summed E-state index contributed by atoms with van der Waals surface area (Å²) in [4.78, 5) is 14.6. The molecule has 1 aromatic rings. The van der Waals surface area contributed by atoms with Crippen LogP contribution in [-0.4, -0.2) is 50.7 Å². The molecular formula is C17H24N2O4S. The van der Waals surface area contributed by atoms with Crippen LogP contribution in [-0.2, 0) is 14.8 Å². The Morgan fingerprint density at radius 2 is 1.96 bits per heavy atom. The Labute approximate surface area is 143 Å². The summed E-state index contributed by atoms with van der Waals surface area (Å²) in [6.07, 6.45) is 3.47. The minimum Gasteiger partial charge on any atom is -0.476 e. The van der Waals surface area contributed by atoms with Gasteiger partial charge in [0.05, 0.1) is 18.0 Å². The maximum absolute atomic E-state index is 12.8. The summed E-state index contributed by atoms with van der Waals surface area (Å²) in [5, 5.41) is 0. The maximum Gasteiger partial charge on any atom is 0.265 e. The highest BCUT2D eigenvalue weighted by Crippen LogP contribution is 2.35.